The zero-order chi connectivity index (χ0) is 22.3. The zero-order valence-corrected chi connectivity index (χ0v) is 18.7. The van der Waals surface area contributed by atoms with Crippen molar-refractivity contribution in [1.82, 2.24) is 0 Å². The molecule has 1 aliphatic heterocycles. The van der Waals surface area contributed by atoms with Gasteiger partial charge in [0, 0.05) is 10.7 Å². The molecule has 0 bridgehead atoms. The lowest BCUT2D eigenvalue weighted by molar-refractivity contribution is -0.120. The molecular weight excluding hydrogens is 408 g/mol. The predicted octanol–water partition coefficient (Wildman–Crippen LogP) is 5.97. The van der Waals surface area contributed by atoms with E-state index in [4.69, 9.17) is 11.6 Å². The minimum absolute atomic E-state index is 0.266. The first-order valence-corrected chi connectivity index (χ1v) is 10.4. The summed E-state index contributed by atoms with van der Waals surface area (Å²) in [6, 6.07) is 18.6. The van der Waals surface area contributed by atoms with Crippen LogP contribution in [0, 0.1) is 27.7 Å². The molecule has 0 radical (unpaired) electrons. The van der Waals surface area contributed by atoms with Crippen molar-refractivity contribution >= 4 is 40.4 Å². The number of hydrogen-bond donors (Lipinski definition) is 1. The summed E-state index contributed by atoms with van der Waals surface area (Å²) in [6.07, 6.45) is 0. The molecule has 31 heavy (non-hydrogen) atoms. The third kappa shape index (κ3) is 3.75. The van der Waals surface area contributed by atoms with Gasteiger partial charge in [-0.25, -0.2) is 4.90 Å². The van der Waals surface area contributed by atoms with E-state index in [0.717, 1.165) is 27.9 Å². The Morgan fingerprint density at radius 2 is 1.52 bits per heavy atom. The first-order chi connectivity index (χ1) is 14.8. The van der Waals surface area contributed by atoms with Crippen molar-refractivity contribution in [3.8, 4) is 0 Å². The van der Waals surface area contributed by atoms with Gasteiger partial charge in [-0.1, -0.05) is 48.0 Å². The number of halogens is 1. The lowest BCUT2D eigenvalue weighted by Gasteiger charge is -2.19. The fraction of sp³-hybridized carbons (Fsp3) is 0.154. The quantitative estimate of drug-likeness (QED) is 0.518. The molecule has 0 fully saturated rings. The van der Waals surface area contributed by atoms with Gasteiger partial charge in [0.2, 0.25) is 0 Å². The third-order valence-electron chi connectivity index (χ3n) is 5.69. The molecule has 0 atom stereocenters. The van der Waals surface area contributed by atoms with E-state index < -0.39 is 0 Å². The van der Waals surface area contributed by atoms with E-state index in [1.165, 1.54) is 4.90 Å². The van der Waals surface area contributed by atoms with Gasteiger partial charge in [0.1, 0.15) is 5.70 Å². The van der Waals surface area contributed by atoms with Gasteiger partial charge in [0.05, 0.1) is 11.3 Å². The Kier molecular flexibility index (Phi) is 5.42. The Morgan fingerprint density at radius 1 is 0.806 bits per heavy atom. The number of anilines is 2. The summed E-state index contributed by atoms with van der Waals surface area (Å²) in [7, 11) is 0. The van der Waals surface area contributed by atoms with Crippen LogP contribution in [-0.4, -0.2) is 11.8 Å². The van der Waals surface area contributed by atoms with Crippen LogP contribution in [0.1, 0.15) is 27.8 Å². The molecule has 4 rings (SSSR count). The highest BCUT2D eigenvalue weighted by Crippen LogP contribution is 2.36. The van der Waals surface area contributed by atoms with E-state index in [0.29, 0.717) is 21.8 Å². The maximum Gasteiger partial charge on any atom is 0.282 e. The number of amides is 2. The van der Waals surface area contributed by atoms with Crippen molar-refractivity contribution in [3.63, 3.8) is 0 Å². The van der Waals surface area contributed by atoms with Crippen LogP contribution in [0.15, 0.2) is 66.4 Å². The van der Waals surface area contributed by atoms with E-state index in [9.17, 15) is 9.59 Å². The lowest BCUT2D eigenvalue weighted by Crippen LogP contribution is -2.33. The minimum atomic E-state index is -0.371. The highest BCUT2D eigenvalue weighted by molar-refractivity contribution is 6.46. The van der Waals surface area contributed by atoms with E-state index in [2.05, 4.69) is 5.32 Å². The number of hydrogen-bond acceptors (Lipinski definition) is 3. The maximum absolute atomic E-state index is 13.6. The van der Waals surface area contributed by atoms with Gasteiger partial charge in [-0.15, -0.1) is 0 Å². The van der Waals surface area contributed by atoms with Gasteiger partial charge in [-0.2, -0.15) is 0 Å². The number of carbonyl (C=O) groups is 2. The van der Waals surface area contributed by atoms with Crippen LogP contribution < -0.4 is 10.2 Å². The first-order valence-electron chi connectivity index (χ1n) is 10.1. The summed E-state index contributed by atoms with van der Waals surface area (Å²) in [5, 5.41) is 3.83. The predicted molar refractivity (Wildman–Crippen MR) is 126 cm³/mol. The molecule has 0 spiro atoms. The fourth-order valence-electron chi connectivity index (χ4n) is 3.73. The van der Waals surface area contributed by atoms with Crippen LogP contribution in [0.25, 0.3) is 5.57 Å². The number of aryl methyl sites for hydroxylation is 3. The molecule has 4 nitrogen and oxygen atoms in total. The van der Waals surface area contributed by atoms with E-state index in [1.807, 2.05) is 58.0 Å². The molecule has 0 aliphatic carbocycles. The van der Waals surface area contributed by atoms with Crippen molar-refractivity contribution in [2.75, 3.05) is 10.2 Å². The van der Waals surface area contributed by atoms with Crippen molar-refractivity contribution in [2.45, 2.75) is 27.7 Å². The van der Waals surface area contributed by atoms with Crippen molar-refractivity contribution in [1.29, 1.82) is 0 Å². The van der Waals surface area contributed by atoms with E-state index >= 15 is 0 Å². The summed E-state index contributed by atoms with van der Waals surface area (Å²) in [5.74, 6) is -0.724. The number of benzene rings is 3. The molecule has 2 amide bonds. The fourth-order valence-corrected chi connectivity index (χ4v) is 3.86. The van der Waals surface area contributed by atoms with Crippen molar-refractivity contribution < 1.29 is 9.59 Å². The monoisotopic (exact) mass is 430 g/mol. The lowest BCUT2D eigenvalue weighted by atomic mass is 10.0. The first kappa shape index (κ1) is 20.9. The second kappa shape index (κ2) is 8.05. The van der Waals surface area contributed by atoms with E-state index in [-0.39, 0.29) is 17.5 Å². The Hall–Kier alpha value is -3.37. The zero-order valence-electron chi connectivity index (χ0n) is 17.9. The molecule has 0 saturated heterocycles. The smallest absolute Gasteiger partial charge is 0.282 e. The summed E-state index contributed by atoms with van der Waals surface area (Å²) in [6.45, 7) is 7.84. The van der Waals surface area contributed by atoms with Crippen LogP contribution in [0.4, 0.5) is 11.4 Å². The van der Waals surface area contributed by atoms with Gasteiger partial charge in [-0.05, 0) is 79.8 Å². The van der Waals surface area contributed by atoms with Gasteiger partial charge < -0.3 is 5.32 Å². The molecule has 1 N–H and O–H groups in total. The standard InChI is InChI=1S/C26H23ClN2O2/c1-15-8-9-17(3)21(14-15)28-24-23(19-10-12-20(27)13-11-19)25(30)29(26(24)31)22-7-5-6-16(2)18(22)4/h5-14,28H,1-4H3. The summed E-state index contributed by atoms with van der Waals surface area (Å²) < 4.78 is 0. The summed E-state index contributed by atoms with van der Waals surface area (Å²) >= 11 is 6.06. The number of carbonyl (C=O) groups excluding carboxylic acids is 2. The number of nitrogens with one attached hydrogen (secondary N) is 1. The second-order valence-electron chi connectivity index (χ2n) is 7.87. The average Bonchev–Trinajstić information content (AvgIpc) is 2.97. The molecule has 0 aromatic heterocycles. The Labute approximate surface area is 187 Å². The molecular formula is C26H23ClN2O2. The highest BCUT2D eigenvalue weighted by Gasteiger charge is 2.41. The summed E-state index contributed by atoms with van der Waals surface area (Å²) in [4.78, 5) is 28.4. The van der Waals surface area contributed by atoms with Crippen LogP contribution in [0.5, 0.6) is 0 Å². The van der Waals surface area contributed by atoms with Crippen LogP contribution >= 0.6 is 11.6 Å². The molecule has 3 aromatic rings. The Morgan fingerprint density at radius 3 is 2.23 bits per heavy atom. The second-order valence-corrected chi connectivity index (χ2v) is 8.30. The van der Waals surface area contributed by atoms with Gasteiger partial charge >= 0.3 is 0 Å². The summed E-state index contributed by atoms with van der Waals surface area (Å²) in [5.41, 5.74) is 6.59. The Bertz CT molecular complexity index is 1240. The van der Waals surface area contributed by atoms with Crippen molar-refractivity contribution in [3.05, 3.63) is 99.2 Å². The molecule has 0 saturated carbocycles. The van der Waals surface area contributed by atoms with Crippen LogP contribution in [0.2, 0.25) is 5.02 Å². The normalized spacial score (nSPS) is 13.9. The minimum Gasteiger partial charge on any atom is -0.350 e. The molecule has 1 aliphatic rings. The van der Waals surface area contributed by atoms with Gasteiger partial charge in [-0.3, -0.25) is 9.59 Å². The number of nitrogens with zero attached hydrogens (tertiary/aromatic N) is 1. The molecule has 156 valence electrons. The topological polar surface area (TPSA) is 49.4 Å². The number of rotatable bonds is 4. The molecule has 0 unspecified atom stereocenters. The number of imide groups is 1. The third-order valence-corrected chi connectivity index (χ3v) is 5.94. The highest BCUT2D eigenvalue weighted by atomic mass is 35.5. The van der Waals surface area contributed by atoms with Gasteiger partial charge in [0.25, 0.3) is 11.8 Å². The van der Waals surface area contributed by atoms with E-state index in [1.54, 1.807) is 30.3 Å². The maximum atomic E-state index is 13.6. The van der Waals surface area contributed by atoms with Crippen LogP contribution in [-0.2, 0) is 9.59 Å². The van der Waals surface area contributed by atoms with Crippen LogP contribution in [0.3, 0.4) is 0 Å². The Balaban J connectivity index is 1.88. The molecule has 1 heterocycles. The van der Waals surface area contributed by atoms with Crippen molar-refractivity contribution in [2.24, 2.45) is 0 Å². The SMILES string of the molecule is Cc1ccc(C)c(NC2=C(c3ccc(Cl)cc3)C(=O)N(c3cccc(C)c3C)C2=O)c1. The molecule has 5 heteroatoms. The van der Waals surface area contributed by atoms with Gasteiger partial charge in [0.15, 0.2) is 0 Å². The largest absolute Gasteiger partial charge is 0.350 e. The average molecular weight is 431 g/mol. The molecule has 3 aromatic carbocycles.